The Hall–Kier alpha value is -2.59. The van der Waals surface area contributed by atoms with Crippen LogP contribution >= 0.6 is 0 Å². The molecule has 0 amide bonds. The molecule has 0 saturated carbocycles. The van der Waals surface area contributed by atoms with Gasteiger partial charge in [0.05, 0.1) is 6.61 Å². The minimum atomic E-state index is -0.359. The van der Waals surface area contributed by atoms with Gasteiger partial charge in [-0.15, -0.1) is 0 Å². The van der Waals surface area contributed by atoms with E-state index in [1.807, 2.05) is 49.4 Å². The van der Waals surface area contributed by atoms with Gasteiger partial charge in [-0.05, 0) is 30.2 Å². The summed E-state index contributed by atoms with van der Waals surface area (Å²) in [5.41, 5.74) is 2.91. The molecule has 1 saturated heterocycles. The highest BCUT2D eigenvalue weighted by Gasteiger charge is 2.23. The highest BCUT2D eigenvalue weighted by molar-refractivity contribution is 5.95. The molecule has 0 aliphatic carbocycles. The molecule has 0 unspecified atom stereocenters. The van der Waals surface area contributed by atoms with Crippen molar-refractivity contribution in [1.82, 2.24) is 0 Å². The van der Waals surface area contributed by atoms with Crippen LogP contribution in [0.25, 0.3) is 22.1 Å². The average molecular weight is 308 g/mol. The summed E-state index contributed by atoms with van der Waals surface area (Å²) in [4.78, 5) is 12.0. The third-order valence-corrected chi connectivity index (χ3v) is 4.02. The maximum atomic E-state index is 12.0. The Morgan fingerprint density at radius 3 is 2.70 bits per heavy atom. The third kappa shape index (κ3) is 2.73. The topological polar surface area (TPSA) is 52.0 Å². The van der Waals surface area contributed by atoms with Crippen molar-refractivity contribution in [3.8, 4) is 16.9 Å². The molecule has 0 radical (unpaired) electrons. The van der Waals surface area contributed by atoms with Gasteiger partial charge in [-0.25, -0.2) is 4.79 Å². The van der Waals surface area contributed by atoms with Crippen LogP contribution in [0, 0.1) is 6.92 Å². The molecule has 2 aromatic carbocycles. The van der Waals surface area contributed by atoms with Crippen LogP contribution < -0.4 is 10.4 Å². The molecule has 0 spiro atoms. The number of epoxide rings is 1. The van der Waals surface area contributed by atoms with Gasteiger partial charge in [-0.2, -0.15) is 0 Å². The standard InChI is InChI=1S/C19H16O4/c1-12-17(22-11-14-10-21-14)8-7-15-16(9-18(20)23-19(12)15)13-5-3-2-4-6-13/h2-9,14H,10-11H2,1H3/t14-/m0/s1. The molecule has 1 fully saturated rings. The Morgan fingerprint density at radius 2 is 1.96 bits per heavy atom. The van der Waals surface area contributed by atoms with Crippen LogP contribution in [0.2, 0.25) is 0 Å². The highest BCUT2D eigenvalue weighted by atomic mass is 16.6. The first kappa shape index (κ1) is 14.0. The van der Waals surface area contributed by atoms with Crippen LogP contribution in [0.3, 0.4) is 0 Å². The third-order valence-electron chi connectivity index (χ3n) is 4.02. The molecule has 1 aromatic heterocycles. The maximum Gasteiger partial charge on any atom is 0.336 e. The van der Waals surface area contributed by atoms with Gasteiger partial charge in [-0.1, -0.05) is 30.3 Å². The molecule has 1 aliphatic rings. The zero-order valence-electron chi connectivity index (χ0n) is 12.7. The van der Waals surface area contributed by atoms with E-state index >= 15 is 0 Å². The molecule has 0 bridgehead atoms. The minimum absolute atomic E-state index is 0.188. The van der Waals surface area contributed by atoms with Gasteiger partial charge in [0, 0.05) is 17.0 Å². The second-order valence-corrected chi connectivity index (χ2v) is 5.68. The number of fused-ring (bicyclic) bond motifs is 1. The Morgan fingerprint density at radius 1 is 1.17 bits per heavy atom. The molecule has 0 N–H and O–H groups in total. The molecule has 2 heterocycles. The zero-order chi connectivity index (χ0) is 15.8. The molecular weight excluding hydrogens is 292 g/mol. The molecule has 4 heteroatoms. The number of benzene rings is 2. The number of hydrogen-bond acceptors (Lipinski definition) is 4. The lowest BCUT2D eigenvalue weighted by Crippen LogP contribution is -2.06. The average Bonchev–Trinajstić information content (AvgIpc) is 3.39. The first-order chi connectivity index (χ1) is 11.2. The Bertz CT molecular complexity index is 908. The van der Waals surface area contributed by atoms with Crippen LogP contribution in [0.15, 0.2) is 57.7 Å². The van der Waals surface area contributed by atoms with E-state index in [2.05, 4.69) is 0 Å². The zero-order valence-corrected chi connectivity index (χ0v) is 12.7. The molecule has 4 nitrogen and oxygen atoms in total. The molecule has 4 rings (SSSR count). The molecular formula is C19H16O4. The largest absolute Gasteiger partial charge is 0.490 e. The van der Waals surface area contributed by atoms with Gasteiger partial charge in [0.15, 0.2) is 0 Å². The van der Waals surface area contributed by atoms with Gasteiger partial charge in [-0.3, -0.25) is 0 Å². The van der Waals surface area contributed by atoms with Gasteiger partial charge >= 0.3 is 5.63 Å². The van der Waals surface area contributed by atoms with Crippen LogP contribution in [-0.4, -0.2) is 19.3 Å². The lowest BCUT2D eigenvalue weighted by atomic mass is 10.0. The van der Waals surface area contributed by atoms with Gasteiger partial charge in [0.25, 0.3) is 0 Å². The van der Waals surface area contributed by atoms with E-state index in [4.69, 9.17) is 13.9 Å². The fraction of sp³-hybridized carbons (Fsp3) is 0.211. The molecule has 1 atom stereocenters. The molecule has 116 valence electrons. The van der Waals surface area contributed by atoms with E-state index in [1.165, 1.54) is 6.07 Å². The predicted molar refractivity (Wildman–Crippen MR) is 87.9 cm³/mol. The van der Waals surface area contributed by atoms with Crippen molar-refractivity contribution in [2.45, 2.75) is 13.0 Å². The number of ether oxygens (including phenoxy) is 2. The van der Waals surface area contributed by atoms with Crippen molar-refractivity contribution in [3.63, 3.8) is 0 Å². The Labute approximate surface area is 133 Å². The lowest BCUT2D eigenvalue weighted by molar-refractivity contribution is 0.261. The van der Waals surface area contributed by atoms with Gasteiger partial charge < -0.3 is 13.9 Å². The van der Waals surface area contributed by atoms with E-state index < -0.39 is 0 Å². The Balaban J connectivity index is 1.85. The van der Waals surface area contributed by atoms with Crippen molar-refractivity contribution in [3.05, 3.63) is 64.5 Å². The number of hydrogen-bond donors (Lipinski definition) is 0. The van der Waals surface area contributed by atoms with Crippen molar-refractivity contribution in [2.24, 2.45) is 0 Å². The normalized spacial score (nSPS) is 16.5. The number of rotatable bonds is 4. The molecule has 1 aliphatic heterocycles. The summed E-state index contributed by atoms with van der Waals surface area (Å²) >= 11 is 0. The SMILES string of the molecule is Cc1c(OC[C@@H]2CO2)ccc2c(-c3ccccc3)cc(=O)oc12. The lowest BCUT2D eigenvalue weighted by Gasteiger charge is -2.12. The quantitative estimate of drug-likeness (QED) is 0.546. The molecule has 3 aromatic rings. The van der Waals surface area contributed by atoms with Crippen LogP contribution in [0.5, 0.6) is 5.75 Å². The second-order valence-electron chi connectivity index (χ2n) is 5.68. The van der Waals surface area contributed by atoms with E-state index in [-0.39, 0.29) is 11.7 Å². The fourth-order valence-electron chi connectivity index (χ4n) is 2.70. The Kier molecular flexibility index (Phi) is 3.39. The first-order valence-electron chi connectivity index (χ1n) is 7.59. The van der Waals surface area contributed by atoms with E-state index in [0.717, 1.165) is 34.4 Å². The van der Waals surface area contributed by atoms with Crippen molar-refractivity contribution >= 4 is 11.0 Å². The summed E-state index contributed by atoms with van der Waals surface area (Å²) in [5, 5.41) is 0.906. The second kappa shape index (κ2) is 5.56. The number of aryl methyl sites for hydroxylation is 1. The van der Waals surface area contributed by atoms with E-state index in [0.29, 0.717) is 12.2 Å². The van der Waals surface area contributed by atoms with Gasteiger partial charge in [0.1, 0.15) is 24.0 Å². The van der Waals surface area contributed by atoms with Crippen molar-refractivity contribution in [2.75, 3.05) is 13.2 Å². The summed E-state index contributed by atoms with van der Waals surface area (Å²) in [6.45, 7) is 3.18. The van der Waals surface area contributed by atoms with Crippen molar-refractivity contribution in [1.29, 1.82) is 0 Å². The monoisotopic (exact) mass is 308 g/mol. The summed E-state index contributed by atoms with van der Waals surface area (Å²) < 4.78 is 16.4. The minimum Gasteiger partial charge on any atom is -0.490 e. The smallest absolute Gasteiger partial charge is 0.336 e. The summed E-state index contributed by atoms with van der Waals surface area (Å²) in [5.74, 6) is 0.723. The summed E-state index contributed by atoms with van der Waals surface area (Å²) in [7, 11) is 0. The molecule has 23 heavy (non-hydrogen) atoms. The predicted octanol–water partition coefficient (Wildman–Crippen LogP) is 3.55. The van der Waals surface area contributed by atoms with Gasteiger partial charge in [0.2, 0.25) is 0 Å². The first-order valence-corrected chi connectivity index (χ1v) is 7.59. The maximum absolute atomic E-state index is 12.0. The van der Waals surface area contributed by atoms with Crippen LogP contribution in [0.1, 0.15) is 5.56 Å². The van der Waals surface area contributed by atoms with Crippen LogP contribution in [-0.2, 0) is 4.74 Å². The summed E-state index contributed by atoms with van der Waals surface area (Å²) in [6, 6.07) is 15.2. The van der Waals surface area contributed by atoms with E-state index in [9.17, 15) is 4.79 Å². The van der Waals surface area contributed by atoms with Crippen molar-refractivity contribution < 1.29 is 13.9 Å². The highest BCUT2D eigenvalue weighted by Crippen LogP contribution is 2.33. The fourth-order valence-corrected chi connectivity index (χ4v) is 2.70. The summed E-state index contributed by atoms with van der Waals surface area (Å²) in [6.07, 6.45) is 0.188. The van der Waals surface area contributed by atoms with E-state index in [1.54, 1.807) is 0 Å². The van der Waals surface area contributed by atoms with Crippen LogP contribution in [0.4, 0.5) is 0 Å².